The fourth-order valence-electron chi connectivity index (χ4n) is 2.45. The van der Waals surface area contributed by atoms with Gasteiger partial charge in [0.05, 0.1) is 6.26 Å². The first-order valence-corrected chi connectivity index (χ1v) is 7.19. The summed E-state index contributed by atoms with van der Waals surface area (Å²) in [5.41, 5.74) is 0. The van der Waals surface area contributed by atoms with Gasteiger partial charge in [-0.25, -0.2) is 4.79 Å². The molecule has 1 aromatic rings. The average Bonchev–Trinajstić information content (AvgIpc) is 3.02. The van der Waals surface area contributed by atoms with Gasteiger partial charge in [0, 0.05) is 19.0 Å². The van der Waals surface area contributed by atoms with Crippen molar-refractivity contribution in [3.63, 3.8) is 0 Å². The van der Waals surface area contributed by atoms with E-state index in [4.69, 9.17) is 4.42 Å². The molecule has 0 spiro atoms. The van der Waals surface area contributed by atoms with E-state index in [9.17, 15) is 22.8 Å². The van der Waals surface area contributed by atoms with Crippen LogP contribution < -0.4 is 10.6 Å². The number of hydrogen-bond acceptors (Lipinski definition) is 3. The molecule has 9 heteroatoms. The maximum absolute atomic E-state index is 12.3. The molecule has 23 heavy (non-hydrogen) atoms. The highest BCUT2D eigenvalue weighted by Crippen LogP contribution is 2.20. The topological polar surface area (TPSA) is 74.6 Å². The Bertz CT molecular complexity index is 545. The summed E-state index contributed by atoms with van der Waals surface area (Å²) in [5, 5.41) is 5.04. The number of rotatable bonds is 5. The first kappa shape index (κ1) is 17.2. The van der Waals surface area contributed by atoms with Gasteiger partial charge in [0.15, 0.2) is 0 Å². The van der Waals surface area contributed by atoms with Gasteiger partial charge in [-0.1, -0.05) is 0 Å². The Kier molecular flexibility index (Phi) is 5.17. The number of carbonyl (C=O) groups excluding carboxylic acids is 2. The minimum atomic E-state index is -4.44. The highest BCUT2D eigenvalue weighted by Gasteiger charge is 2.39. The van der Waals surface area contributed by atoms with E-state index in [0.29, 0.717) is 17.1 Å². The molecule has 0 unspecified atom stereocenters. The summed E-state index contributed by atoms with van der Waals surface area (Å²) in [4.78, 5) is 24.4. The average molecular weight is 333 g/mol. The number of nitrogens with zero attached hydrogens (tertiary/aromatic N) is 1. The van der Waals surface area contributed by atoms with Crippen molar-refractivity contribution < 1.29 is 27.2 Å². The van der Waals surface area contributed by atoms with Gasteiger partial charge in [-0.05, 0) is 25.5 Å². The zero-order valence-electron chi connectivity index (χ0n) is 12.5. The molecule has 128 valence electrons. The van der Waals surface area contributed by atoms with Gasteiger partial charge in [0.25, 0.3) is 0 Å². The van der Waals surface area contributed by atoms with Crippen LogP contribution in [0, 0.1) is 0 Å². The lowest BCUT2D eigenvalue weighted by atomic mass is 10.2. The lowest BCUT2D eigenvalue weighted by Crippen LogP contribution is -2.49. The smallest absolute Gasteiger partial charge is 0.406 e. The molecule has 1 fully saturated rings. The van der Waals surface area contributed by atoms with E-state index in [2.05, 4.69) is 10.6 Å². The first-order chi connectivity index (χ1) is 10.7. The second kappa shape index (κ2) is 6.93. The van der Waals surface area contributed by atoms with Crippen molar-refractivity contribution in [3.05, 3.63) is 24.2 Å². The van der Waals surface area contributed by atoms with E-state index in [1.54, 1.807) is 19.1 Å². The van der Waals surface area contributed by atoms with Gasteiger partial charge < -0.3 is 20.0 Å². The van der Waals surface area contributed by atoms with Crippen LogP contribution in [0.25, 0.3) is 0 Å². The third-order valence-corrected chi connectivity index (χ3v) is 3.44. The van der Waals surface area contributed by atoms with Crippen LogP contribution in [0.2, 0.25) is 0 Å². The number of amides is 3. The first-order valence-electron chi connectivity index (χ1n) is 7.19. The van der Waals surface area contributed by atoms with Crippen molar-refractivity contribution in [2.75, 3.05) is 13.1 Å². The quantitative estimate of drug-likeness (QED) is 0.861. The van der Waals surface area contributed by atoms with Crippen molar-refractivity contribution >= 4 is 11.9 Å². The molecule has 6 nitrogen and oxygen atoms in total. The summed E-state index contributed by atoms with van der Waals surface area (Å²) >= 11 is 0. The molecule has 1 aromatic heterocycles. The Morgan fingerprint density at radius 2 is 2.26 bits per heavy atom. The van der Waals surface area contributed by atoms with Gasteiger partial charge >= 0.3 is 12.2 Å². The second-order valence-corrected chi connectivity index (χ2v) is 5.52. The molecule has 2 rings (SSSR count). The van der Waals surface area contributed by atoms with E-state index in [1.165, 1.54) is 6.26 Å². The minimum Gasteiger partial charge on any atom is -0.469 e. The van der Waals surface area contributed by atoms with Gasteiger partial charge in [-0.2, -0.15) is 13.2 Å². The van der Waals surface area contributed by atoms with Gasteiger partial charge in [0.2, 0.25) is 5.91 Å². The molecular weight excluding hydrogens is 315 g/mol. The van der Waals surface area contributed by atoms with E-state index < -0.39 is 30.7 Å². The molecule has 1 aliphatic rings. The zero-order chi connectivity index (χ0) is 17.0. The van der Waals surface area contributed by atoms with E-state index in [-0.39, 0.29) is 19.0 Å². The van der Waals surface area contributed by atoms with E-state index in [0.717, 1.165) is 0 Å². The molecule has 0 aliphatic carbocycles. The molecule has 2 heterocycles. The van der Waals surface area contributed by atoms with Gasteiger partial charge in [0.1, 0.15) is 18.3 Å². The van der Waals surface area contributed by atoms with Crippen LogP contribution in [-0.2, 0) is 11.2 Å². The molecule has 0 bridgehead atoms. The molecule has 0 radical (unpaired) electrons. The lowest BCUT2D eigenvalue weighted by Gasteiger charge is -2.19. The molecule has 1 saturated heterocycles. The number of hydrogen-bond donors (Lipinski definition) is 2. The Morgan fingerprint density at radius 1 is 1.52 bits per heavy atom. The van der Waals surface area contributed by atoms with Gasteiger partial charge in [-0.15, -0.1) is 0 Å². The molecule has 0 aromatic carbocycles. The number of furan rings is 1. The number of halogens is 3. The van der Waals surface area contributed by atoms with Crippen molar-refractivity contribution in [1.82, 2.24) is 15.5 Å². The van der Waals surface area contributed by atoms with Crippen molar-refractivity contribution in [3.8, 4) is 0 Å². The third kappa shape index (κ3) is 5.19. The van der Waals surface area contributed by atoms with Crippen LogP contribution in [0.4, 0.5) is 18.0 Å². The third-order valence-electron chi connectivity index (χ3n) is 3.44. The Balaban J connectivity index is 1.78. The Morgan fingerprint density at radius 3 is 2.87 bits per heavy atom. The number of likely N-dealkylation sites (tertiary alicyclic amines) is 1. The summed E-state index contributed by atoms with van der Waals surface area (Å²) in [6.07, 6.45) is -2.28. The summed E-state index contributed by atoms with van der Waals surface area (Å²) in [6.45, 7) is 0.445. The van der Waals surface area contributed by atoms with E-state index >= 15 is 0 Å². The normalized spacial score (nSPS) is 19.7. The van der Waals surface area contributed by atoms with Crippen molar-refractivity contribution in [2.45, 2.75) is 38.0 Å². The molecule has 0 saturated carbocycles. The number of urea groups is 1. The highest BCUT2D eigenvalue weighted by molar-refractivity contribution is 5.88. The maximum atomic E-state index is 12.3. The summed E-state index contributed by atoms with van der Waals surface area (Å²) in [5.74, 6) is -0.0118. The highest BCUT2D eigenvalue weighted by atomic mass is 19.4. The SMILES string of the molecule is C[C@@H](Cc1ccco1)NC(=O)N[C@@H]1CCN(CC(F)(F)F)C1=O. The van der Waals surface area contributed by atoms with Crippen LogP contribution in [0.5, 0.6) is 0 Å². The second-order valence-electron chi connectivity index (χ2n) is 5.52. The predicted molar refractivity (Wildman–Crippen MR) is 74.6 cm³/mol. The molecule has 2 N–H and O–H groups in total. The van der Waals surface area contributed by atoms with Crippen LogP contribution >= 0.6 is 0 Å². The van der Waals surface area contributed by atoms with Crippen molar-refractivity contribution in [1.29, 1.82) is 0 Å². The van der Waals surface area contributed by atoms with Crippen LogP contribution in [0.1, 0.15) is 19.1 Å². The fourth-order valence-corrected chi connectivity index (χ4v) is 2.45. The number of carbonyl (C=O) groups is 2. The lowest BCUT2D eigenvalue weighted by molar-refractivity contribution is -0.157. The summed E-state index contributed by atoms with van der Waals surface area (Å²) < 4.78 is 42.1. The standard InChI is InChI=1S/C14H18F3N3O3/c1-9(7-10-3-2-6-23-10)18-13(22)19-11-4-5-20(12(11)21)8-14(15,16)17/h2-3,6,9,11H,4-5,7-8H2,1H3,(H2,18,19,22)/t9-,11+/m0/s1. The summed E-state index contributed by atoms with van der Waals surface area (Å²) in [6, 6.07) is 1.74. The Hall–Kier alpha value is -2.19. The molecule has 2 atom stereocenters. The zero-order valence-corrected chi connectivity index (χ0v) is 12.5. The van der Waals surface area contributed by atoms with Crippen LogP contribution in [-0.4, -0.2) is 48.2 Å². The largest absolute Gasteiger partial charge is 0.469 e. The van der Waals surface area contributed by atoms with Gasteiger partial charge in [-0.3, -0.25) is 4.79 Å². The molecule has 1 aliphatic heterocycles. The summed E-state index contributed by atoms with van der Waals surface area (Å²) in [7, 11) is 0. The van der Waals surface area contributed by atoms with Crippen molar-refractivity contribution in [2.24, 2.45) is 0 Å². The number of nitrogens with one attached hydrogen (secondary N) is 2. The maximum Gasteiger partial charge on any atom is 0.406 e. The van der Waals surface area contributed by atoms with Crippen LogP contribution in [0.15, 0.2) is 22.8 Å². The van der Waals surface area contributed by atoms with E-state index in [1.807, 2.05) is 0 Å². The monoisotopic (exact) mass is 333 g/mol. The fraction of sp³-hybridized carbons (Fsp3) is 0.571. The van der Waals surface area contributed by atoms with Crippen LogP contribution in [0.3, 0.4) is 0 Å². The molecular formula is C14H18F3N3O3. The Labute approximate surface area is 131 Å². The molecule has 3 amide bonds. The number of alkyl halides is 3. The minimum absolute atomic E-state index is 0.0226. The predicted octanol–water partition coefficient (Wildman–Crippen LogP) is 1.67.